The molecule has 0 spiro atoms. The zero-order valence-corrected chi connectivity index (χ0v) is 24.4. The fourth-order valence-corrected chi connectivity index (χ4v) is 6.75. The quantitative estimate of drug-likeness (QED) is 0.408. The molecule has 214 valence electrons. The highest BCUT2D eigenvalue weighted by Crippen LogP contribution is 2.38. The number of nitrogens with zero attached hydrogens (tertiary/aromatic N) is 4. The van der Waals surface area contributed by atoms with Gasteiger partial charge in [-0.15, -0.1) is 0 Å². The van der Waals surface area contributed by atoms with Gasteiger partial charge < -0.3 is 9.47 Å². The smallest absolute Gasteiger partial charge is 0.410 e. The molecule has 3 aliphatic rings. The molecule has 6 rings (SSSR count). The first-order valence-corrected chi connectivity index (χ1v) is 14.4. The van der Waals surface area contributed by atoms with E-state index in [0.717, 1.165) is 30.0 Å². The summed E-state index contributed by atoms with van der Waals surface area (Å²) in [4.78, 5) is 28.2. The minimum atomic E-state index is -0.493. The number of hydrogen-bond donors (Lipinski definition) is 1. The minimum Gasteiger partial charge on any atom is -0.497 e. The zero-order valence-electron chi connectivity index (χ0n) is 22.9. The molecule has 2 atom stereocenters. The maximum atomic E-state index is 13.8. The lowest BCUT2D eigenvalue weighted by Gasteiger charge is -2.29. The Morgan fingerprint density at radius 2 is 1.76 bits per heavy atom. The molecular weight excluding hydrogens is 565 g/mol. The summed E-state index contributed by atoms with van der Waals surface area (Å²) >= 11 is 12.9. The van der Waals surface area contributed by atoms with E-state index in [1.807, 2.05) is 35.4 Å². The Morgan fingerprint density at radius 1 is 1.02 bits per heavy atom. The second kappa shape index (κ2) is 11.4. The summed E-state index contributed by atoms with van der Waals surface area (Å²) in [7, 11) is 2.96. The first-order chi connectivity index (χ1) is 19.8. The van der Waals surface area contributed by atoms with Crippen molar-refractivity contribution in [2.24, 2.45) is 11.8 Å². The second-order valence-electron chi connectivity index (χ2n) is 10.7. The summed E-state index contributed by atoms with van der Waals surface area (Å²) in [5.74, 6) is 1.64. The molecule has 0 radical (unpaired) electrons. The van der Waals surface area contributed by atoms with Crippen molar-refractivity contribution in [3.63, 3.8) is 0 Å². The molecule has 1 N–H and O–H groups in total. The molecule has 1 saturated carbocycles. The van der Waals surface area contributed by atoms with Crippen molar-refractivity contribution in [1.82, 2.24) is 25.1 Å². The molecule has 0 bridgehead atoms. The number of amides is 2. The fourth-order valence-electron chi connectivity index (χ4n) is 6.26. The molecule has 3 aromatic rings. The number of fused-ring (bicyclic) bond motifs is 2. The maximum absolute atomic E-state index is 13.8. The Labute approximate surface area is 248 Å². The molecule has 2 fully saturated rings. The number of nitrogens with one attached hydrogen (secondary N) is 1. The van der Waals surface area contributed by atoms with E-state index in [4.69, 9.17) is 37.8 Å². The number of aromatic nitrogens is 2. The highest BCUT2D eigenvalue weighted by molar-refractivity contribution is 6.35. The Hall–Kier alpha value is -3.53. The van der Waals surface area contributed by atoms with Crippen molar-refractivity contribution in [3.05, 3.63) is 75.0 Å². The minimum absolute atomic E-state index is 0.154. The van der Waals surface area contributed by atoms with Gasteiger partial charge in [0, 0.05) is 23.7 Å². The Bertz CT molecular complexity index is 1510. The van der Waals surface area contributed by atoms with Crippen LogP contribution in [0.4, 0.5) is 4.79 Å². The molecule has 11 heteroatoms. The van der Waals surface area contributed by atoms with Crippen molar-refractivity contribution in [1.29, 1.82) is 0 Å². The molecule has 2 aromatic carbocycles. The van der Waals surface area contributed by atoms with Crippen LogP contribution in [0, 0.1) is 11.8 Å². The van der Waals surface area contributed by atoms with Crippen LogP contribution < -0.4 is 10.2 Å². The SMILES string of the molecule is COC(=O)N1C/C(=C\c2ccc(OC)cc2)c2c(c(C(=O)NN3CC4CCCC4C3)nn2-c2ccc(Cl)cc2Cl)C1. The van der Waals surface area contributed by atoms with Crippen molar-refractivity contribution in [2.45, 2.75) is 25.8 Å². The normalized spacial score (nSPS) is 21.1. The number of carbonyl (C=O) groups excluding carboxylic acids is 2. The van der Waals surface area contributed by atoms with Gasteiger partial charge in [0.25, 0.3) is 5.91 Å². The molecule has 2 unspecified atom stereocenters. The number of benzene rings is 2. The third kappa shape index (κ3) is 5.41. The molecule has 9 nitrogen and oxygen atoms in total. The van der Waals surface area contributed by atoms with E-state index < -0.39 is 6.09 Å². The van der Waals surface area contributed by atoms with Crippen LogP contribution in [0.25, 0.3) is 17.3 Å². The standard InChI is InChI=1S/C30H31Cl2N5O4/c1-40-23-9-6-18(7-10-23)12-21-14-35(30(39)41-2)17-24-27(29(38)34-36-15-19-4-3-5-20(19)16-36)33-37(28(21)24)26-11-8-22(31)13-25(26)32/h6-13,19-20H,3-5,14-17H2,1-2H3,(H,34,38)/b21-12+. The molecule has 41 heavy (non-hydrogen) atoms. The number of hydrazine groups is 1. The lowest BCUT2D eigenvalue weighted by atomic mass is 9.97. The average molecular weight is 597 g/mol. The number of carbonyl (C=O) groups is 2. The lowest BCUT2D eigenvalue weighted by molar-refractivity contribution is 0.0805. The summed E-state index contributed by atoms with van der Waals surface area (Å²) in [6, 6.07) is 12.7. The van der Waals surface area contributed by atoms with Crippen molar-refractivity contribution in [2.75, 3.05) is 33.9 Å². The predicted molar refractivity (Wildman–Crippen MR) is 157 cm³/mol. The van der Waals surface area contributed by atoms with E-state index in [2.05, 4.69) is 5.43 Å². The molecular formula is C30H31Cl2N5O4. The van der Waals surface area contributed by atoms with Gasteiger partial charge in [0.05, 0.1) is 43.7 Å². The first-order valence-electron chi connectivity index (χ1n) is 13.7. The van der Waals surface area contributed by atoms with Crippen LogP contribution in [-0.4, -0.2) is 65.5 Å². The van der Waals surface area contributed by atoms with Gasteiger partial charge in [-0.05, 0) is 72.2 Å². The van der Waals surface area contributed by atoms with Gasteiger partial charge in [-0.1, -0.05) is 41.8 Å². The van der Waals surface area contributed by atoms with Gasteiger partial charge >= 0.3 is 6.09 Å². The molecule has 1 aromatic heterocycles. The first kappa shape index (κ1) is 27.6. The summed E-state index contributed by atoms with van der Waals surface area (Å²) in [6.45, 7) is 2.07. The van der Waals surface area contributed by atoms with Crippen LogP contribution in [0.2, 0.25) is 10.0 Å². The zero-order chi connectivity index (χ0) is 28.7. The van der Waals surface area contributed by atoms with E-state index in [1.54, 1.807) is 34.9 Å². The van der Waals surface area contributed by atoms with Crippen LogP contribution in [-0.2, 0) is 11.3 Å². The average Bonchev–Trinajstić information content (AvgIpc) is 3.67. The lowest BCUT2D eigenvalue weighted by Crippen LogP contribution is -2.42. The van der Waals surface area contributed by atoms with Crippen LogP contribution in [0.3, 0.4) is 0 Å². The number of hydrogen-bond acceptors (Lipinski definition) is 6. The van der Waals surface area contributed by atoms with Crippen molar-refractivity contribution in [3.8, 4) is 11.4 Å². The summed E-state index contributed by atoms with van der Waals surface area (Å²) in [5, 5.41) is 7.70. The number of ether oxygens (including phenoxy) is 2. The highest BCUT2D eigenvalue weighted by atomic mass is 35.5. The Morgan fingerprint density at radius 3 is 2.41 bits per heavy atom. The van der Waals surface area contributed by atoms with E-state index in [-0.39, 0.29) is 24.7 Å². The van der Waals surface area contributed by atoms with E-state index in [0.29, 0.717) is 38.8 Å². The van der Waals surface area contributed by atoms with Crippen molar-refractivity contribution >= 4 is 46.9 Å². The summed E-state index contributed by atoms with van der Waals surface area (Å²) in [6.07, 6.45) is 5.13. The van der Waals surface area contributed by atoms with Crippen molar-refractivity contribution < 1.29 is 19.1 Å². The number of rotatable bonds is 5. The molecule has 2 aliphatic heterocycles. The molecule has 2 amide bonds. The number of halogens is 2. The van der Waals surface area contributed by atoms with Crippen LogP contribution in [0.1, 0.15) is 46.6 Å². The van der Waals surface area contributed by atoms with Crippen LogP contribution >= 0.6 is 23.2 Å². The van der Waals surface area contributed by atoms with E-state index >= 15 is 0 Å². The monoisotopic (exact) mass is 595 g/mol. The van der Waals surface area contributed by atoms with E-state index in [9.17, 15) is 9.59 Å². The van der Waals surface area contributed by atoms with Gasteiger partial charge in [0.1, 0.15) is 5.75 Å². The Kier molecular flexibility index (Phi) is 7.68. The predicted octanol–water partition coefficient (Wildman–Crippen LogP) is 5.69. The van der Waals surface area contributed by atoms with Gasteiger partial charge in [-0.25, -0.2) is 14.5 Å². The maximum Gasteiger partial charge on any atom is 0.410 e. The summed E-state index contributed by atoms with van der Waals surface area (Å²) in [5.41, 5.74) is 6.89. The topological polar surface area (TPSA) is 88.9 Å². The molecule has 3 heterocycles. The third-order valence-corrected chi connectivity index (χ3v) is 8.76. The highest BCUT2D eigenvalue weighted by Gasteiger charge is 2.39. The van der Waals surface area contributed by atoms with Crippen LogP contribution in [0.5, 0.6) is 5.75 Å². The van der Waals surface area contributed by atoms with E-state index in [1.165, 1.54) is 26.4 Å². The molecule has 1 aliphatic carbocycles. The summed E-state index contributed by atoms with van der Waals surface area (Å²) < 4.78 is 12.1. The van der Waals surface area contributed by atoms with Crippen LogP contribution in [0.15, 0.2) is 42.5 Å². The fraction of sp³-hybridized carbons (Fsp3) is 0.367. The third-order valence-electron chi connectivity index (χ3n) is 8.23. The second-order valence-corrected chi connectivity index (χ2v) is 11.6. The number of methoxy groups -OCH3 is 2. The van der Waals surface area contributed by atoms with Gasteiger partial charge in [-0.2, -0.15) is 5.10 Å². The largest absolute Gasteiger partial charge is 0.497 e. The van der Waals surface area contributed by atoms with Gasteiger partial charge in [0.2, 0.25) is 0 Å². The van der Waals surface area contributed by atoms with Gasteiger partial charge in [0.15, 0.2) is 5.69 Å². The van der Waals surface area contributed by atoms with Gasteiger partial charge in [-0.3, -0.25) is 15.1 Å². The molecule has 1 saturated heterocycles. The Balaban J connectivity index is 1.46.